The van der Waals surface area contributed by atoms with Gasteiger partial charge in [0.05, 0.1) is 30.5 Å². The molecule has 4 rings (SSSR count). The monoisotopic (exact) mass is 595 g/mol. The van der Waals surface area contributed by atoms with Crippen LogP contribution in [0.15, 0.2) is 16.6 Å². The number of fused-ring (bicyclic) bond motifs is 1. The fourth-order valence-corrected chi connectivity index (χ4v) is 6.17. The number of hydrogen-bond donors (Lipinski definition) is 1. The van der Waals surface area contributed by atoms with Crippen LogP contribution in [0.5, 0.6) is 5.75 Å². The standard InChI is InChI=1S/C27H38BrN3O7/c1-18(2)31(19-7-6-10-29(17-19)26(34)35)24(32)20-15-22-23(16-21(20)28)38-27(8-13-37-14-9-27)25(33)30(22)11-4-5-12-36-3/h15-16,18-19H,4-14,17H2,1-3H3,(H,34,35)/t19-/m1/s1. The second-order valence-electron chi connectivity index (χ2n) is 10.5. The summed E-state index contributed by atoms with van der Waals surface area (Å²) in [4.78, 5) is 44.4. The zero-order chi connectivity index (χ0) is 27.4. The fraction of sp³-hybridized carbons (Fsp3) is 0.667. The molecule has 0 saturated carbocycles. The SMILES string of the molecule is COCCCCN1C(=O)C2(CCOCC2)Oc2cc(Br)c(C(=O)N(C(C)C)[C@@H]3CCCN(C(=O)O)C3)cc21. The van der Waals surface area contributed by atoms with Crippen molar-refractivity contribution in [3.05, 3.63) is 22.2 Å². The van der Waals surface area contributed by atoms with Gasteiger partial charge >= 0.3 is 6.09 Å². The summed E-state index contributed by atoms with van der Waals surface area (Å²) in [6.45, 7) is 6.62. The quantitative estimate of drug-likeness (QED) is 0.450. The highest BCUT2D eigenvalue weighted by Crippen LogP contribution is 2.44. The molecule has 1 atom stereocenters. The van der Waals surface area contributed by atoms with Gasteiger partial charge in [0.25, 0.3) is 11.8 Å². The average molecular weight is 597 g/mol. The number of rotatable bonds is 8. The van der Waals surface area contributed by atoms with Gasteiger partial charge in [-0.2, -0.15) is 0 Å². The van der Waals surface area contributed by atoms with Crippen molar-refractivity contribution in [1.82, 2.24) is 9.80 Å². The van der Waals surface area contributed by atoms with E-state index in [2.05, 4.69) is 15.9 Å². The molecule has 1 N–H and O–H groups in total. The number of anilines is 1. The van der Waals surface area contributed by atoms with E-state index in [0.29, 0.717) is 73.6 Å². The third-order valence-electron chi connectivity index (χ3n) is 7.64. The molecule has 1 aromatic rings. The van der Waals surface area contributed by atoms with Crippen LogP contribution in [0.1, 0.15) is 62.7 Å². The normalized spacial score (nSPS) is 20.9. The van der Waals surface area contributed by atoms with E-state index in [1.807, 2.05) is 13.8 Å². The second-order valence-corrected chi connectivity index (χ2v) is 11.4. The third-order valence-corrected chi connectivity index (χ3v) is 8.30. The van der Waals surface area contributed by atoms with Crippen molar-refractivity contribution in [3.8, 4) is 5.75 Å². The molecule has 11 heteroatoms. The lowest BCUT2D eigenvalue weighted by molar-refractivity contribution is -0.144. The smallest absolute Gasteiger partial charge is 0.407 e. The van der Waals surface area contributed by atoms with Crippen LogP contribution >= 0.6 is 15.9 Å². The Labute approximate surface area is 232 Å². The van der Waals surface area contributed by atoms with Crippen LogP contribution in [-0.2, 0) is 14.3 Å². The van der Waals surface area contributed by atoms with E-state index in [1.165, 1.54) is 4.90 Å². The van der Waals surface area contributed by atoms with E-state index in [-0.39, 0.29) is 30.4 Å². The van der Waals surface area contributed by atoms with Gasteiger partial charge in [0, 0.05) is 56.7 Å². The highest BCUT2D eigenvalue weighted by Gasteiger charge is 2.49. The summed E-state index contributed by atoms with van der Waals surface area (Å²) in [5, 5.41) is 9.52. The van der Waals surface area contributed by atoms with Gasteiger partial charge in [0.1, 0.15) is 5.75 Å². The molecule has 3 heterocycles. The summed E-state index contributed by atoms with van der Waals surface area (Å²) < 4.78 is 17.7. The van der Waals surface area contributed by atoms with E-state index in [4.69, 9.17) is 14.2 Å². The summed E-state index contributed by atoms with van der Waals surface area (Å²) >= 11 is 3.60. The number of carbonyl (C=O) groups excluding carboxylic acids is 2. The second kappa shape index (κ2) is 12.2. The predicted octanol–water partition coefficient (Wildman–Crippen LogP) is 4.14. The lowest BCUT2D eigenvalue weighted by atomic mass is 9.89. The predicted molar refractivity (Wildman–Crippen MR) is 145 cm³/mol. The molecule has 2 saturated heterocycles. The van der Waals surface area contributed by atoms with Crippen molar-refractivity contribution < 1.29 is 33.7 Å². The molecule has 0 unspecified atom stereocenters. The Bertz CT molecular complexity index is 1040. The van der Waals surface area contributed by atoms with E-state index in [9.17, 15) is 19.5 Å². The van der Waals surface area contributed by atoms with E-state index in [1.54, 1.807) is 29.0 Å². The molecule has 0 bridgehead atoms. The van der Waals surface area contributed by atoms with Crippen molar-refractivity contribution in [1.29, 1.82) is 0 Å². The van der Waals surface area contributed by atoms with Crippen LogP contribution in [0.3, 0.4) is 0 Å². The van der Waals surface area contributed by atoms with Crippen LogP contribution in [0.4, 0.5) is 10.5 Å². The average Bonchev–Trinajstić information content (AvgIpc) is 2.89. The zero-order valence-electron chi connectivity index (χ0n) is 22.4. The largest absolute Gasteiger partial charge is 0.475 e. The maximum Gasteiger partial charge on any atom is 0.407 e. The molecule has 0 aliphatic carbocycles. The van der Waals surface area contributed by atoms with Gasteiger partial charge < -0.3 is 34.0 Å². The number of carbonyl (C=O) groups is 3. The van der Waals surface area contributed by atoms with Gasteiger partial charge in [0.2, 0.25) is 0 Å². The molecule has 3 aliphatic heterocycles. The molecule has 210 valence electrons. The number of piperidine rings is 1. The molecule has 3 amide bonds. The van der Waals surface area contributed by atoms with Crippen LogP contribution < -0.4 is 9.64 Å². The van der Waals surface area contributed by atoms with Crippen LogP contribution in [0, 0.1) is 0 Å². The van der Waals surface area contributed by atoms with Gasteiger partial charge in [-0.1, -0.05) is 0 Å². The van der Waals surface area contributed by atoms with Crippen LogP contribution in [0.25, 0.3) is 0 Å². The van der Waals surface area contributed by atoms with Gasteiger partial charge in [0.15, 0.2) is 5.60 Å². The minimum absolute atomic E-state index is 0.100. The Kier molecular flexibility index (Phi) is 9.20. The van der Waals surface area contributed by atoms with Gasteiger partial charge in [-0.05, 0) is 67.6 Å². The molecule has 2 fully saturated rings. The number of carboxylic acid groups (broad SMARTS) is 1. The molecule has 0 aromatic heterocycles. The number of amides is 3. The fourth-order valence-electron chi connectivity index (χ4n) is 5.68. The van der Waals surface area contributed by atoms with Gasteiger partial charge in [-0.3, -0.25) is 9.59 Å². The highest BCUT2D eigenvalue weighted by atomic mass is 79.9. The first-order valence-corrected chi connectivity index (χ1v) is 14.2. The highest BCUT2D eigenvalue weighted by molar-refractivity contribution is 9.10. The number of benzene rings is 1. The van der Waals surface area contributed by atoms with E-state index in [0.717, 1.165) is 19.3 Å². The molecule has 0 radical (unpaired) electrons. The maximum absolute atomic E-state index is 14.0. The molecular weight excluding hydrogens is 558 g/mol. The van der Waals surface area contributed by atoms with Crippen LogP contribution in [-0.4, -0.2) is 97.1 Å². The summed E-state index contributed by atoms with van der Waals surface area (Å²) in [6, 6.07) is 3.16. The van der Waals surface area contributed by atoms with E-state index >= 15 is 0 Å². The minimum Gasteiger partial charge on any atom is -0.475 e. The topological polar surface area (TPSA) is 109 Å². The maximum atomic E-state index is 14.0. The summed E-state index contributed by atoms with van der Waals surface area (Å²) in [5.41, 5.74) is 0.0332. The van der Waals surface area contributed by atoms with Gasteiger partial charge in [-0.25, -0.2) is 4.79 Å². The summed E-state index contributed by atoms with van der Waals surface area (Å²) in [6.07, 6.45) is 2.95. The first-order valence-electron chi connectivity index (χ1n) is 13.4. The molecule has 38 heavy (non-hydrogen) atoms. The first-order chi connectivity index (χ1) is 18.2. The zero-order valence-corrected chi connectivity index (χ0v) is 24.0. The number of likely N-dealkylation sites (tertiary alicyclic amines) is 1. The Balaban J connectivity index is 1.68. The number of methoxy groups -OCH3 is 1. The van der Waals surface area contributed by atoms with E-state index < -0.39 is 11.7 Å². The molecule has 3 aliphatic rings. The Hall–Kier alpha value is -2.37. The lowest BCUT2D eigenvalue weighted by Crippen LogP contribution is -2.59. The molecule has 1 aromatic carbocycles. The minimum atomic E-state index is -0.970. The third kappa shape index (κ3) is 5.79. The molecule has 10 nitrogen and oxygen atoms in total. The van der Waals surface area contributed by atoms with Gasteiger partial charge in [-0.15, -0.1) is 0 Å². The number of halogens is 1. The van der Waals surface area contributed by atoms with Crippen molar-refractivity contribution in [2.75, 3.05) is 51.5 Å². The number of nitrogens with zero attached hydrogens (tertiary/aromatic N) is 3. The summed E-state index contributed by atoms with van der Waals surface area (Å²) in [5.74, 6) is 0.258. The van der Waals surface area contributed by atoms with Crippen molar-refractivity contribution >= 4 is 39.5 Å². The first kappa shape index (κ1) is 28.6. The summed E-state index contributed by atoms with van der Waals surface area (Å²) in [7, 11) is 1.66. The molecule has 1 spiro atoms. The van der Waals surface area contributed by atoms with Crippen molar-refractivity contribution in [2.45, 2.75) is 70.1 Å². The Morgan fingerprint density at radius 2 is 2.00 bits per heavy atom. The number of unbranched alkanes of at least 4 members (excludes halogenated alkanes) is 1. The Morgan fingerprint density at radius 1 is 1.26 bits per heavy atom. The van der Waals surface area contributed by atoms with Crippen LogP contribution in [0.2, 0.25) is 0 Å². The number of hydrogen-bond acceptors (Lipinski definition) is 6. The van der Waals surface area contributed by atoms with Crippen molar-refractivity contribution in [2.24, 2.45) is 0 Å². The van der Waals surface area contributed by atoms with Crippen molar-refractivity contribution in [3.63, 3.8) is 0 Å². The number of ether oxygens (including phenoxy) is 3. The molecular formula is C27H38BrN3O7. The lowest BCUT2D eigenvalue weighted by Gasteiger charge is -2.45. The Morgan fingerprint density at radius 3 is 2.66 bits per heavy atom.